The van der Waals surface area contributed by atoms with E-state index in [9.17, 15) is 0 Å². The van der Waals surface area contributed by atoms with Crippen molar-refractivity contribution in [3.8, 4) is 5.75 Å². The average Bonchev–Trinajstić information content (AvgIpc) is 2.19. The third kappa shape index (κ3) is 2.97. The summed E-state index contributed by atoms with van der Waals surface area (Å²) >= 11 is 11.6. The van der Waals surface area contributed by atoms with Crippen molar-refractivity contribution in [3.63, 3.8) is 0 Å². The third-order valence-corrected chi connectivity index (χ3v) is 1.98. The average molecular weight is 234 g/mol. The number of benzene rings is 1. The fourth-order valence-electron chi connectivity index (χ4n) is 0.777. The Morgan fingerprint density at radius 3 is 2.79 bits per heavy atom. The van der Waals surface area contributed by atoms with E-state index in [-0.39, 0.29) is 12.4 Å². The van der Waals surface area contributed by atoms with Gasteiger partial charge in [-0.3, -0.25) is 0 Å². The third-order valence-electron chi connectivity index (χ3n) is 1.43. The van der Waals surface area contributed by atoms with Gasteiger partial charge in [0.05, 0.1) is 5.02 Å². The highest BCUT2D eigenvalue weighted by atomic mass is 35.5. The quantitative estimate of drug-likeness (QED) is 0.361. The zero-order valence-electron chi connectivity index (χ0n) is 7.21. The zero-order valence-corrected chi connectivity index (χ0v) is 8.72. The van der Waals surface area contributed by atoms with Crippen molar-refractivity contribution in [1.82, 2.24) is 0 Å². The molecule has 0 fully saturated rings. The van der Waals surface area contributed by atoms with Gasteiger partial charge in [-0.15, -0.1) is 0 Å². The van der Waals surface area contributed by atoms with Gasteiger partial charge in [0.25, 0.3) is 0 Å². The smallest absolute Gasteiger partial charge is 0.157 e. The first-order chi connectivity index (χ1) is 6.63. The van der Waals surface area contributed by atoms with Gasteiger partial charge in [-0.2, -0.15) is 5.10 Å². The molecule has 4 nitrogen and oxygen atoms in total. The number of halogens is 2. The van der Waals surface area contributed by atoms with E-state index in [0.29, 0.717) is 15.8 Å². The van der Waals surface area contributed by atoms with Crippen LogP contribution in [0.3, 0.4) is 0 Å². The first kappa shape index (κ1) is 10.9. The lowest BCUT2D eigenvalue weighted by Crippen LogP contribution is -2.22. The van der Waals surface area contributed by atoms with E-state index in [4.69, 9.17) is 39.5 Å². The van der Waals surface area contributed by atoms with E-state index < -0.39 is 0 Å². The first-order valence-corrected chi connectivity index (χ1v) is 4.49. The van der Waals surface area contributed by atoms with Crippen molar-refractivity contribution in [1.29, 1.82) is 0 Å². The Morgan fingerprint density at radius 1 is 1.43 bits per heavy atom. The molecule has 1 rings (SSSR count). The summed E-state index contributed by atoms with van der Waals surface area (Å²) in [5.41, 5.74) is 5.33. The SMILES string of the molecule is N/N=C(\N)COc1cc(Cl)ccc1Cl. The van der Waals surface area contributed by atoms with Gasteiger partial charge in [-0.25, -0.2) is 0 Å². The zero-order chi connectivity index (χ0) is 10.6. The Labute approximate surface area is 91.4 Å². The van der Waals surface area contributed by atoms with Gasteiger partial charge in [0.1, 0.15) is 12.4 Å². The van der Waals surface area contributed by atoms with Gasteiger partial charge in [0.2, 0.25) is 0 Å². The van der Waals surface area contributed by atoms with Crippen molar-refractivity contribution in [3.05, 3.63) is 28.2 Å². The maximum absolute atomic E-state index is 5.83. The molecule has 14 heavy (non-hydrogen) atoms. The van der Waals surface area contributed by atoms with Gasteiger partial charge in [-0.1, -0.05) is 23.2 Å². The van der Waals surface area contributed by atoms with Crippen molar-refractivity contribution in [2.45, 2.75) is 0 Å². The number of amidine groups is 1. The minimum Gasteiger partial charge on any atom is -0.484 e. The fourth-order valence-corrected chi connectivity index (χ4v) is 1.11. The lowest BCUT2D eigenvalue weighted by atomic mass is 10.3. The molecule has 0 saturated heterocycles. The van der Waals surface area contributed by atoms with Crippen LogP contribution >= 0.6 is 23.2 Å². The number of hydrogen-bond acceptors (Lipinski definition) is 3. The number of hydrazone groups is 1. The van der Waals surface area contributed by atoms with E-state index in [1.54, 1.807) is 18.2 Å². The highest BCUT2D eigenvalue weighted by Gasteiger charge is 2.03. The molecule has 0 spiro atoms. The maximum atomic E-state index is 5.83. The number of ether oxygens (including phenoxy) is 1. The Bertz CT molecular complexity index is 354. The molecule has 1 aromatic rings. The van der Waals surface area contributed by atoms with Crippen LogP contribution in [0.4, 0.5) is 0 Å². The Kier molecular flexibility index (Phi) is 3.85. The van der Waals surface area contributed by atoms with Gasteiger partial charge in [0.15, 0.2) is 5.84 Å². The van der Waals surface area contributed by atoms with Crippen LogP contribution in [0, 0.1) is 0 Å². The second kappa shape index (κ2) is 4.93. The van der Waals surface area contributed by atoms with E-state index >= 15 is 0 Å². The summed E-state index contributed by atoms with van der Waals surface area (Å²) in [6, 6.07) is 4.89. The molecule has 0 bridgehead atoms. The summed E-state index contributed by atoms with van der Waals surface area (Å²) in [6.45, 7) is 0.0799. The highest BCUT2D eigenvalue weighted by Crippen LogP contribution is 2.27. The first-order valence-electron chi connectivity index (χ1n) is 3.73. The van der Waals surface area contributed by atoms with E-state index in [2.05, 4.69) is 5.10 Å². The molecule has 4 N–H and O–H groups in total. The largest absolute Gasteiger partial charge is 0.484 e. The van der Waals surface area contributed by atoms with Crippen LogP contribution in [0.1, 0.15) is 0 Å². The van der Waals surface area contributed by atoms with Crippen molar-refractivity contribution < 1.29 is 4.74 Å². The van der Waals surface area contributed by atoms with Crippen LogP contribution in [0.2, 0.25) is 10.0 Å². The molecule has 0 atom stereocenters. The Balaban J connectivity index is 2.71. The Morgan fingerprint density at radius 2 is 2.14 bits per heavy atom. The normalized spacial score (nSPS) is 11.4. The number of rotatable bonds is 3. The molecule has 0 heterocycles. The summed E-state index contributed by atoms with van der Waals surface area (Å²) in [5, 5.41) is 4.24. The maximum Gasteiger partial charge on any atom is 0.157 e. The Hall–Kier alpha value is -1.13. The van der Waals surface area contributed by atoms with Crippen LogP contribution in [-0.4, -0.2) is 12.4 Å². The lowest BCUT2D eigenvalue weighted by molar-refractivity contribution is 0.375. The molecule has 0 aliphatic carbocycles. The summed E-state index contributed by atoms with van der Waals surface area (Å²) in [7, 11) is 0. The van der Waals surface area contributed by atoms with Crippen LogP contribution in [0.25, 0.3) is 0 Å². The van der Waals surface area contributed by atoms with Crippen LogP contribution < -0.4 is 16.3 Å². The lowest BCUT2D eigenvalue weighted by Gasteiger charge is -2.06. The summed E-state index contributed by atoms with van der Waals surface area (Å²) < 4.78 is 5.22. The number of hydrogen-bond donors (Lipinski definition) is 2. The molecular formula is C8H9Cl2N3O. The topological polar surface area (TPSA) is 73.6 Å². The second-order valence-corrected chi connectivity index (χ2v) is 3.33. The molecule has 0 radical (unpaired) electrons. The van der Waals surface area contributed by atoms with Gasteiger partial charge in [0, 0.05) is 11.1 Å². The minimum atomic E-state index is 0.0799. The van der Waals surface area contributed by atoms with E-state index in [1.165, 1.54) is 0 Å². The van der Waals surface area contributed by atoms with Crippen LogP contribution in [-0.2, 0) is 0 Å². The predicted molar refractivity (Wildman–Crippen MR) is 57.8 cm³/mol. The molecule has 0 amide bonds. The summed E-state index contributed by atoms with van der Waals surface area (Å²) in [6.07, 6.45) is 0. The molecule has 1 aromatic carbocycles. The van der Waals surface area contributed by atoms with Gasteiger partial charge >= 0.3 is 0 Å². The monoisotopic (exact) mass is 233 g/mol. The molecule has 0 unspecified atom stereocenters. The minimum absolute atomic E-state index is 0.0799. The fraction of sp³-hybridized carbons (Fsp3) is 0.125. The van der Waals surface area contributed by atoms with Crippen LogP contribution in [0.5, 0.6) is 5.75 Å². The summed E-state index contributed by atoms with van der Waals surface area (Å²) in [5.74, 6) is 5.56. The molecule has 0 aliphatic heterocycles. The molecule has 0 aliphatic rings. The van der Waals surface area contributed by atoms with Crippen molar-refractivity contribution >= 4 is 29.0 Å². The molecule has 6 heteroatoms. The van der Waals surface area contributed by atoms with Crippen molar-refractivity contribution in [2.75, 3.05) is 6.61 Å². The number of nitrogens with two attached hydrogens (primary N) is 2. The summed E-state index contributed by atoms with van der Waals surface area (Å²) in [4.78, 5) is 0. The highest BCUT2D eigenvalue weighted by molar-refractivity contribution is 6.34. The molecular weight excluding hydrogens is 225 g/mol. The van der Waals surface area contributed by atoms with Crippen LogP contribution in [0.15, 0.2) is 23.3 Å². The molecule has 76 valence electrons. The number of nitrogens with zero attached hydrogens (tertiary/aromatic N) is 1. The van der Waals surface area contributed by atoms with Gasteiger partial charge in [-0.05, 0) is 12.1 Å². The van der Waals surface area contributed by atoms with Gasteiger partial charge < -0.3 is 16.3 Å². The van der Waals surface area contributed by atoms with E-state index in [1.807, 2.05) is 0 Å². The predicted octanol–water partition coefficient (Wildman–Crippen LogP) is 1.60. The standard InChI is InChI=1S/C8H9Cl2N3O/c9-5-1-2-6(10)7(3-5)14-4-8(11)13-12/h1-3H,4,12H2,(H2,11,13). The van der Waals surface area contributed by atoms with Crippen molar-refractivity contribution in [2.24, 2.45) is 16.7 Å². The molecule has 0 aromatic heterocycles. The second-order valence-electron chi connectivity index (χ2n) is 2.48. The molecule has 0 saturated carbocycles. The van der Waals surface area contributed by atoms with E-state index in [0.717, 1.165) is 0 Å².